The number of aromatic nitrogens is 3. The number of nitrogens with two attached hydrogens (primary N) is 1. The lowest BCUT2D eigenvalue weighted by Crippen LogP contribution is -2.33. The summed E-state index contributed by atoms with van der Waals surface area (Å²) in [5.74, 6) is 0. The molecule has 1 aliphatic rings. The van der Waals surface area contributed by atoms with Crippen LogP contribution in [0.4, 0.5) is 0 Å². The van der Waals surface area contributed by atoms with Gasteiger partial charge < -0.3 is 5.73 Å². The van der Waals surface area contributed by atoms with E-state index in [0.717, 1.165) is 18.8 Å². The topological polar surface area (TPSA) is 60.0 Å². The van der Waals surface area contributed by atoms with Gasteiger partial charge in [0.1, 0.15) is 0 Å². The molecule has 0 bridgehead atoms. The Balaban J connectivity index is 1.98. The Hall–Kier alpha value is -0.940. The molecular formula is C12H23N5. The summed E-state index contributed by atoms with van der Waals surface area (Å²) < 4.78 is 1.83. The predicted octanol–water partition coefficient (Wildman–Crippen LogP) is 1.000. The van der Waals surface area contributed by atoms with Crippen molar-refractivity contribution in [3.63, 3.8) is 0 Å². The molecule has 96 valence electrons. The van der Waals surface area contributed by atoms with E-state index >= 15 is 0 Å². The summed E-state index contributed by atoms with van der Waals surface area (Å²) in [5, 5.41) is 8.30. The molecule has 1 saturated heterocycles. The van der Waals surface area contributed by atoms with Crippen LogP contribution in [0, 0.1) is 0 Å². The van der Waals surface area contributed by atoms with Gasteiger partial charge in [0.05, 0.1) is 12.2 Å². The molecule has 2 rings (SSSR count). The van der Waals surface area contributed by atoms with Crippen molar-refractivity contribution >= 4 is 0 Å². The number of hydrogen-bond acceptors (Lipinski definition) is 4. The zero-order valence-corrected chi connectivity index (χ0v) is 10.8. The minimum Gasteiger partial charge on any atom is -0.329 e. The van der Waals surface area contributed by atoms with Gasteiger partial charge in [-0.25, -0.2) is 0 Å². The average molecular weight is 237 g/mol. The molecule has 17 heavy (non-hydrogen) atoms. The normalized spacial score (nSPS) is 25.6. The highest BCUT2D eigenvalue weighted by atomic mass is 15.4. The highest BCUT2D eigenvalue weighted by Crippen LogP contribution is 2.27. The van der Waals surface area contributed by atoms with E-state index in [4.69, 9.17) is 5.73 Å². The Morgan fingerprint density at radius 2 is 2.29 bits per heavy atom. The smallest absolute Gasteiger partial charge is 0.0967 e. The van der Waals surface area contributed by atoms with Crippen molar-refractivity contribution in [2.75, 3.05) is 6.54 Å². The first-order chi connectivity index (χ1) is 8.24. The minimum absolute atomic E-state index is 0.612. The summed E-state index contributed by atoms with van der Waals surface area (Å²) in [7, 11) is 0. The van der Waals surface area contributed by atoms with Crippen LogP contribution in [0.2, 0.25) is 0 Å². The van der Waals surface area contributed by atoms with Crippen molar-refractivity contribution in [3.05, 3.63) is 11.9 Å². The van der Waals surface area contributed by atoms with Crippen LogP contribution in [0.5, 0.6) is 0 Å². The lowest BCUT2D eigenvalue weighted by atomic mass is 10.1. The lowest BCUT2D eigenvalue weighted by Gasteiger charge is -2.26. The van der Waals surface area contributed by atoms with Gasteiger partial charge in [0.25, 0.3) is 0 Å². The van der Waals surface area contributed by atoms with Crippen molar-refractivity contribution in [3.8, 4) is 0 Å². The van der Waals surface area contributed by atoms with E-state index in [1.165, 1.54) is 19.3 Å². The fraction of sp³-hybridized carbons (Fsp3) is 0.833. The second kappa shape index (κ2) is 5.60. The standard InChI is InChI=1S/C12H23N5/c1-3-12-5-4-10(2)17(12)9-11-8-16(7-6-13)15-14-11/h8,10,12H,3-7,9,13H2,1-2H3. The van der Waals surface area contributed by atoms with Crippen molar-refractivity contribution in [1.29, 1.82) is 0 Å². The molecular weight excluding hydrogens is 214 g/mol. The van der Waals surface area contributed by atoms with Gasteiger partial charge in [0.15, 0.2) is 0 Å². The molecule has 2 N–H and O–H groups in total. The van der Waals surface area contributed by atoms with Crippen LogP contribution in [0.3, 0.4) is 0 Å². The molecule has 1 fully saturated rings. The van der Waals surface area contributed by atoms with E-state index in [0.29, 0.717) is 18.6 Å². The highest BCUT2D eigenvalue weighted by Gasteiger charge is 2.29. The fourth-order valence-corrected chi connectivity index (χ4v) is 2.69. The van der Waals surface area contributed by atoms with Gasteiger partial charge in [-0.1, -0.05) is 12.1 Å². The summed E-state index contributed by atoms with van der Waals surface area (Å²) in [6.07, 6.45) is 5.86. The van der Waals surface area contributed by atoms with Gasteiger partial charge in [0, 0.05) is 31.4 Å². The number of likely N-dealkylation sites (tertiary alicyclic amines) is 1. The third-order valence-electron chi connectivity index (χ3n) is 3.71. The van der Waals surface area contributed by atoms with Crippen LogP contribution in [-0.2, 0) is 13.1 Å². The van der Waals surface area contributed by atoms with Gasteiger partial charge in [-0.05, 0) is 26.2 Å². The van der Waals surface area contributed by atoms with Gasteiger partial charge in [-0.3, -0.25) is 9.58 Å². The lowest BCUT2D eigenvalue weighted by molar-refractivity contribution is 0.187. The van der Waals surface area contributed by atoms with Crippen molar-refractivity contribution in [2.45, 2.75) is 58.3 Å². The largest absolute Gasteiger partial charge is 0.329 e. The molecule has 1 aromatic rings. The second-order valence-corrected chi connectivity index (χ2v) is 4.92. The molecule has 0 spiro atoms. The molecule has 0 aromatic carbocycles. The van der Waals surface area contributed by atoms with E-state index in [-0.39, 0.29) is 0 Å². The number of hydrogen-bond donors (Lipinski definition) is 1. The monoisotopic (exact) mass is 237 g/mol. The van der Waals surface area contributed by atoms with Gasteiger partial charge >= 0.3 is 0 Å². The molecule has 1 aliphatic heterocycles. The Morgan fingerprint density at radius 1 is 1.47 bits per heavy atom. The SMILES string of the molecule is CCC1CCC(C)N1Cc1cn(CCN)nn1. The Labute approximate surface area is 103 Å². The first-order valence-corrected chi connectivity index (χ1v) is 6.59. The molecule has 5 heteroatoms. The molecule has 2 atom stereocenters. The summed E-state index contributed by atoms with van der Waals surface area (Å²) >= 11 is 0. The molecule has 5 nitrogen and oxygen atoms in total. The van der Waals surface area contributed by atoms with E-state index in [1.54, 1.807) is 0 Å². The van der Waals surface area contributed by atoms with Crippen LogP contribution in [0.25, 0.3) is 0 Å². The fourth-order valence-electron chi connectivity index (χ4n) is 2.69. The molecule has 0 saturated carbocycles. The molecule has 2 unspecified atom stereocenters. The molecule has 0 aliphatic carbocycles. The molecule has 2 heterocycles. The average Bonchev–Trinajstić information content (AvgIpc) is 2.89. The van der Waals surface area contributed by atoms with Crippen LogP contribution < -0.4 is 5.73 Å². The van der Waals surface area contributed by atoms with Crippen LogP contribution in [0.15, 0.2) is 6.20 Å². The number of rotatable bonds is 5. The van der Waals surface area contributed by atoms with Crippen molar-refractivity contribution < 1.29 is 0 Å². The maximum atomic E-state index is 5.50. The highest BCUT2D eigenvalue weighted by molar-refractivity contribution is 4.96. The van der Waals surface area contributed by atoms with E-state index in [1.807, 2.05) is 10.9 Å². The summed E-state index contributed by atoms with van der Waals surface area (Å²) in [6, 6.07) is 1.38. The third kappa shape index (κ3) is 2.84. The van der Waals surface area contributed by atoms with Crippen LogP contribution in [0.1, 0.15) is 38.8 Å². The van der Waals surface area contributed by atoms with Gasteiger partial charge in [-0.15, -0.1) is 5.10 Å². The zero-order valence-electron chi connectivity index (χ0n) is 10.8. The van der Waals surface area contributed by atoms with E-state index < -0.39 is 0 Å². The number of nitrogens with zero attached hydrogens (tertiary/aromatic N) is 4. The zero-order chi connectivity index (χ0) is 12.3. The Bertz CT molecular complexity index is 348. The maximum absolute atomic E-state index is 5.50. The minimum atomic E-state index is 0.612. The molecule has 0 radical (unpaired) electrons. The maximum Gasteiger partial charge on any atom is 0.0967 e. The van der Waals surface area contributed by atoms with E-state index in [2.05, 4.69) is 29.1 Å². The quantitative estimate of drug-likeness (QED) is 0.830. The summed E-state index contributed by atoms with van der Waals surface area (Å²) in [6.45, 7) is 6.85. The van der Waals surface area contributed by atoms with E-state index in [9.17, 15) is 0 Å². The van der Waals surface area contributed by atoms with Crippen molar-refractivity contribution in [2.24, 2.45) is 5.73 Å². The third-order valence-corrected chi connectivity index (χ3v) is 3.71. The Morgan fingerprint density at radius 3 is 3.00 bits per heavy atom. The molecule has 1 aromatic heterocycles. The van der Waals surface area contributed by atoms with Crippen molar-refractivity contribution in [1.82, 2.24) is 19.9 Å². The summed E-state index contributed by atoms with van der Waals surface area (Å²) in [5.41, 5.74) is 6.56. The summed E-state index contributed by atoms with van der Waals surface area (Å²) in [4.78, 5) is 2.55. The Kier molecular flexibility index (Phi) is 4.12. The molecule has 0 amide bonds. The van der Waals surface area contributed by atoms with Crippen LogP contribution in [-0.4, -0.2) is 38.5 Å². The second-order valence-electron chi connectivity index (χ2n) is 4.92. The van der Waals surface area contributed by atoms with Gasteiger partial charge in [-0.2, -0.15) is 0 Å². The van der Waals surface area contributed by atoms with Gasteiger partial charge in [0.2, 0.25) is 0 Å². The van der Waals surface area contributed by atoms with Crippen LogP contribution >= 0.6 is 0 Å². The first-order valence-electron chi connectivity index (χ1n) is 6.59. The predicted molar refractivity (Wildman–Crippen MR) is 67.4 cm³/mol. The first kappa shape index (κ1) is 12.5.